The van der Waals surface area contributed by atoms with E-state index in [0.29, 0.717) is 12.5 Å². The fourth-order valence-electron chi connectivity index (χ4n) is 1.62. The second kappa shape index (κ2) is 8.64. The molecule has 1 aromatic carbocycles. The first-order chi connectivity index (χ1) is 9.17. The molecule has 0 aliphatic carbocycles. The Morgan fingerprint density at radius 2 is 1.89 bits per heavy atom. The molecule has 1 aromatic rings. The maximum absolute atomic E-state index is 5.56. The Morgan fingerprint density at radius 1 is 1.11 bits per heavy atom. The van der Waals surface area contributed by atoms with E-state index in [2.05, 4.69) is 19.2 Å². The standard InChI is InChI=1S/C15H25NO3/c1-12(2)7-9-19-10-8-16-14-6-5-13(17-3)11-15(14)18-4/h5-6,11-12,16H,7-10H2,1-4H3. The number of hydrogen-bond donors (Lipinski definition) is 1. The van der Waals surface area contributed by atoms with Crippen LogP contribution >= 0.6 is 0 Å². The van der Waals surface area contributed by atoms with Gasteiger partial charge >= 0.3 is 0 Å². The van der Waals surface area contributed by atoms with Gasteiger partial charge in [0, 0.05) is 19.2 Å². The largest absolute Gasteiger partial charge is 0.497 e. The normalized spacial score (nSPS) is 10.6. The lowest BCUT2D eigenvalue weighted by Crippen LogP contribution is -2.11. The second-order valence-electron chi connectivity index (χ2n) is 4.79. The number of benzene rings is 1. The summed E-state index contributed by atoms with van der Waals surface area (Å²) in [6, 6.07) is 5.72. The fraction of sp³-hybridized carbons (Fsp3) is 0.600. The van der Waals surface area contributed by atoms with Crippen LogP contribution in [0.1, 0.15) is 20.3 Å². The molecule has 0 atom stereocenters. The average Bonchev–Trinajstić information content (AvgIpc) is 2.42. The predicted octanol–water partition coefficient (Wildman–Crippen LogP) is 3.18. The summed E-state index contributed by atoms with van der Waals surface area (Å²) in [5, 5.41) is 3.30. The van der Waals surface area contributed by atoms with Gasteiger partial charge in [-0.15, -0.1) is 0 Å². The van der Waals surface area contributed by atoms with Crippen LogP contribution in [0.15, 0.2) is 18.2 Å². The molecular formula is C15H25NO3. The monoisotopic (exact) mass is 267 g/mol. The lowest BCUT2D eigenvalue weighted by Gasteiger charge is -2.13. The van der Waals surface area contributed by atoms with Crippen LogP contribution in [0.25, 0.3) is 0 Å². The Bertz CT molecular complexity index is 366. The summed E-state index contributed by atoms with van der Waals surface area (Å²) in [5.74, 6) is 2.26. The van der Waals surface area contributed by atoms with Crippen molar-refractivity contribution in [1.82, 2.24) is 0 Å². The van der Waals surface area contributed by atoms with Gasteiger partial charge in [-0.3, -0.25) is 0 Å². The van der Waals surface area contributed by atoms with E-state index >= 15 is 0 Å². The van der Waals surface area contributed by atoms with Gasteiger partial charge in [0.25, 0.3) is 0 Å². The zero-order valence-electron chi connectivity index (χ0n) is 12.4. The van der Waals surface area contributed by atoms with Gasteiger partial charge in [0.05, 0.1) is 26.5 Å². The molecule has 0 unspecified atom stereocenters. The van der Waals surface area contributed by atoms with Gasteiger partial charge < -0.3 is 19.5 Å². The van der Waals surface area contributed by atoms with Crippen molar-refractivity contribution in [2.75, 3.05) is 39.3 Å². The molecule has 4 heteroatoms. The van der Waals surface area contributed by atoms with Crippen molar-refractivity contribution in [3.8, 4) is 11.5 Å². The molecule has 1 N–H and O–H groups in total. The molecule has 0 saturated carbocycles. The van der Waals surface area contributed by atoms with Gasteiger partial charge in [-0.25, -0.2) is 0 Å². The summed E-state index contributed by atoms with van der Waals surface area (Å²) in [4.78, 5) is 0. The molecule has 4 nitrogen and oxygen atoms in total. The number of anilines is 1. The number of hydrogen-bond acceptors (Lipinski definition) is 4. The fourth-order valence-corrected chi connectivity index (χ4v) is 1.62. The van der Waals surface area contributed by atoms with Crippen molar-refractivity contribution in [2.24, 2.45) is 5.92 Å². The molecular weight excluding hydrogens is 242 g/mol. The SMILES string of the molecule is COc1ccc(NCCOCCC(C)C)c(OC)c1. The Morgan fingerprint density at radius 3 is 2.53 bits per heavy atom. The third-order valence-electron chi connectivity index (χ3n) is 2.81. The van der Waals surface area contributed by atoms with Crippen LogP contribution in [0.4, 0.5) is 5.69 Å². The van der Waals surface area contributed by atoms with E-state index in [0.717, 1.165) is 36.8 Å². The lowest BCUT2D eigenvalue weighted by atomic mass is 10.1. The molecule has 0 bridgehead atoms. The molecule has 1 rings (SSSR count). The quantitative estimate of drug-likeness (QED) is 0.698. The minimum Gasteiger partial charge on any atom is -0.497 e. The minimum atomic E-state index is 0.689. The van der Waals surface area contributed by atoms with Crippen molar-refractivity contribution in [1.29, 1.82) is 0 Å². The Balaban J connectivity index is 2.32. The molecule has 0 fully saturated rings. The number of methoxy groups -OCH3 is 2. The zero-order chi connectivity index (χ0) is 14.1. The second-order valence-corrected chi connectivity index (χ2v) is 4.79. The number of rotatable bonds is 9. The highest BCUT2D eigenvalue weighted by molar-refractivity contribution is 5.59. The van der Waals surface area contributed by atoms with E-state index in [4.69, 9.17) is 14.2 Å². The highest BCUT2D eigenvalue weighted by atomic mass is 16.5. The summed E-state index contributed by atoms with van der Waals surface area (Å²) in [5.41, 5.74) is 0.954. The van der Waals surface area contributed by atoms with E-state index in [1.165, 1.54) is 0 Å². The maximum atomic E-state index is 5.56. The van der Waals surface area contributed by atoms with Crippen LogP contribution in [0.3, 0.4) is 0 Å². The molecule has 0 aliphatic rings. The predicted molar refractivity (Wildman–Crippen MR) is 78.3 cm³/mol. The van der Waals surface area contributed by atoms with Crippen molar-refractivity contribution >= 4 is 5.69 Å². The van der Waals surface area contributed by atoms with Crippen molar-refractivity contribution in [3.05, 3.63) is 18.2 Å². The van der Waals surface area contributed by atoms with Crippen LogP contribution in [-0.4, -0.2) is 34.0 Å². The topological polar surface area (TPSA) is 39.7 Å². The van der Waals surface area contributed by atoms with Gasteiger partial charge in [0.2, 0.25) is 0 Å². The highest BCUT2D eigenvalue weighted by Crippen LogP contribution is 2.28. The van der Waals surface area contributed by atoms with Crippen LogP contribution in [-0.2, 0) is 4.74 Å². The summed E-state index contributed by atoms with van der Waals surface area (Å²) in [6.45, 7) is 6.68. The van der Waals surface area contributed by atoms with E-state index in [9.17, 15) is 0 Å². The van der Waals surface area contributed by atoms with E-state index < -0.39 is 0 Å². The highest BCUT2D eigenvalue weighted by Gasteiger charge is 2.04. The number of nitrogens with one attached hydrogen (secondary N) is 1. The Labute approximate surface area is 116 Å². The average molecular weight is 267 g/mol. The van der Waals surface area contributed by atoms with Crippen LogP contribution < -0.4 is 14.8 Å². The van der Waals surface area contributed by atoms with Gasteiger partial charge in [-0.1, -0.05) is 13.8 Å². The summed E-state index contributed by atoms with van der Waals surface area (Å²) >= 11 is 0. The lowest BCUT2D eigenvalue weighted by molar-refractivity contribution is 0.132. The molecule has 0 aliphatic heterocycles. The third kappa shape index (κ3) is 5.83. The zero-order valence-corrected chi connectivity index (χ0v) is 12.4. The molecule has 0 radical (unpaired) electrons. The smallest absolute Gasteiger partial charge is 0.145 e. The van der Waals surface area contributed by atoms with Crippen LogP contribution in [0, 0.1) is 5.92 Å². The minimum absolute atomic E-state index is 0.689. The molecule has 0 amide bonds. The Hall–Kier alpha value is -1.42. The van der Waals surface area contributed by atoms with Crippen molar-refractivity contribution in [3.63, 3.8) is 0 Å². The van der Waals surface area contributed by atoms with Gasteiger partial charge in [0.15, 0.2) is 0 Å². The van der Waals surface area contributed by atoms with Crippen LogP contribution in [0.5, 0.6) is 11.5 Å². The molecule has 0 saturated heterocycles. The van der Waals surface area contributed by atoms with Gasteiger partial charge in [-0.2, -0.15) is 0 Å². The summed E-state index contributed by atoms with van der Waals surface area (Å²) in [6.07, 6.45) is 1.10. The molecule has 0 spiro atoms. The first-order valence-corrected chi connectivity index (χ1v) is 6.71. The third-order valence-corrected chi connectivity index (χ3v) is 2.81. The van der Waals surface area contributed by atoms with Gasteiger partial charge in [-0.05, 0) is 24.5 Å². The van der Waals surface area contributed by atoms with E-state index in [1.807, 2.05) is 18.2 Å². The molecule has 108 valence electrons. The van der Waals surface area contributed by atoms with Crippen molar-refractivity contribution in [2.45, 2.75) is 20.3 Å². The molecule has 19 heavy (non-hydrogen) atoms. The number of ether oxygens (including phenoxy) is 3. The van der Waals surface area contributed by atoms with E-state index in [1.54, 1.807) is 14.2 Å². The first kappa shape index (κ1) is 15.6. The summed E-state index contributed by atoms with van der Waals surface area (Å²) in [7, 11) is 3.30. The molecule has 0 aromatic heterocycles. The van der Waals surface area contributed by atoms with Gasteiger partial charge in [0.1, 0.15) is 11.5 Å². The van der Waals surface area contributed by atoms with Crippen molar-refractivity contribution < 1.29 is 14.2 Å². The summed E-state index contributed by atoms with van der Waals surface area (Å²) < 4.78 is 16.0. The molecule has 0 heterocycles. The maximum Gasteiger partial charge on any atom is 0.145 e. The van der Waals surface area contributed by atoms with Crippen LogP contribution in [0.2, 0.25) is 0 Å². The first-order valence-electron chi connectivity index (χ1n) is 6.71. The Kier molecular flexibility index (Phi) is 7.11. The van der Waals surface area contributed by atoms with E-state index in [-0.39, 0.29) is 0 Å².